The lowest BCUT2D eigenvalue weighted by Crippen LogP contribution is -2.17. The van der Waals surface area contributed by atoms with Gasteiger partial charge < -0.3 is 9.84 Å². The zero-order chi connectivity index (χ0) is 17.2. The smallest absolute Gasteiger partial charge is 0.328 e. The quantitative estimate of drug-likeness (QED) is 0.650. The van der Waals surface area contributed by atoms with Crippen LogP contribution in [0.4, 0.5) is 0 Å². The Labute approximate surface area is 138 Å². The van der Waals surface area contributed by atoms with E-state index in [1.54, 1.807) is 6.92 Å². The molecule has 0 atom stereocenters. The van der Waals surface area contributed by atoms with Gasteiger partial charge in [-0.25, -0.2) is 4.79 Å². The summed E-state index contributed by atoms with van der Waals surface area (Å²) >= 11 is 0. The van der Waals surface area contributed by atoms with Crippen molar-refractivity contribution in [3.05, 3.63) is 58.7 Å². The minimum absolute atomic E-state index is 0.0923. The number of ether oxygens (including phenoxy) is 1. The van der Waals surface area contributed by atoms with Crippen LogP contribution < -0.4 is 4.74 Å². The number of aryl methyl sites for hydroxylation is 2. The molecule has 3 nitrogen and oxygen atoms in total. The number of carboxylic acids is 1. The van der Waals surface area contributed by atoms with E-state index in [1.165, 1.54) is 17.2 Å². The third-order valence-corrected chi connectivity index (χ3v) is 3.93. The Morgan fingerprint density at radius 3 is 2.57 bits per heavy atom. The molecule has 3 heteroatoms. The molecule has 1 heterocycles. The summed E-state index contributed by atoms with van der Waals surface area (Å²) in [6, 6.07) is 4.21. The van der Waals surface area contributed by atoms with E-state index in [0.717, 1.165) is 16.9 Å². The van der Waals surface area contributed by atoms with Crippen LogP contribution in [0.1, 0.15) is 37.5 Å². The topological polar surface area (TPSA) is 46.5 Å². The molecule has 1 aliphatic heterocycles. The standard InChI is InChI=1S/C20H24O3/c1-13(8-19(21)22)6-7-16-11-20(4,5)12-23-18-10-15(3)14(2)9-17(16)18/h6-11H,12H2,1-5H3,(H,21,22)/b7-6+,13-8+. The number of carbonyl (C=O) groups is 1. The van der Waals surface area contributed by atoms with Crippen molar-refractivity contribution < 1.29 is 14.6 Å². The zero-order valence-corrected chi connectivity index (χ0v) is 14.4. The fraction of sp³-hybridized carbons (Fsp3) is 0.350. The van der Waals surface area contributed by atoms with Crippen LogP contribution >= 0.6 is 0 Å². The van der Waals surface area contributed by atoms with Gasteiger partial charge in [0.25, 0.3) is 0 Å². The molecule has 0 saturated heterocycles. The Hall–Kier alpha value is -2.29. The van der Waals surface area contributed by atoms with Gasteiger partial charge in [0.2, 0.25) is 0 Å². The van der Waals surface area contributed by atoms with E-state index in [9.17, 15) is 4.79 Å². The van der Waals surface area contributed by atoms with Gasteiger partial charge in [0.15, 0.2) is 0 Å². The van der Waals surface area contributed by atoms with Crippen LogP contribution in [0.15, 0.2) is 42.0 Å². The van der Waals surface area contributed by atoms with Gasteiger partial charge >= 0.3 is 5.97 Å². The molecule has 0 bridgehead atoms. The third-order valence-electron chi connectivity index (χ3n) is 3.93. The number of benzene rings is 1. The van der Waals surface area contributed by atoms with Crippen LogP contribution in [0.5, 0.6) is 5.75 Å². The number of fused-ring (bicyclic) bond motifs is 1. The Morgan fingerprint density at radius 1 is 1.26 bits per heavy atom. The van der Waals surface area contributed by atoms with Crippen LogP contribution in [0, 0.1) is 19.3 Å². The number of hydrogen-bond acceptors (Lipinski definition) is 2. The average Bonchev–Trinajstić information content (AvgIpc) is 2.54. The molecule has 122 valence electrons. The van der Waals surface area contributed by atoms with Crippen LogP contribution in [0.2, 0.25) is 0 Å². The molecule has 0 aliphatic carbocycles. The minimum Gasteiger partial charge on any atom is -0.492 e. The summed E-state index contributed by atoms with van der Waals surface area (Å²) in [5, 5.41) is 8.83. The molecular weight excluding hydrogens is 288 g/mol. The second-order valence-corrected chi connectivity index (χ2v) is 6.87. The lowest BCUT2D eigenvalue weighted by molar-refractivity contribution is -0.131. The SMILES string of the molecule is CC(/C=C/C1=CC(C)(C)COc2cc(C)c(C)cc21)=C\C(=O)O. The number of aliphatic carboxylic acids is 1. The van der Waals surface area contributed by atoms with E-state index in [0.29, 0.717) is 12.2 Å². The van der Waals surface area contributed by atoms with Gasteiger partial charge in [-0.15, -0.1) is 0 Å². The van der Waals surface area contributed by atoms with Gasteiger partial charge in [-0.3, -0.25) is 0 Å². The van der Waals surface area contributed by atoms with E-state index in [1.807, 2.05) is 12.2 Å². The first-order valence-electron chi connectivity index (χ1n) is 7.74. The first-order valence-corrected chi connectivity index (χ1v) is 7.74. The van der Waals surface area contributed by atoms with E-state index >= 15 is 0 Å². The lowest BCUT2D eigenvalue weighted by atomic mass is 9.89. The van der Waals surface area contributed by atoms with Crippen LogP contribution in [0.3, 0.4) is 0 Å². The highest BCUT2D eigenvalue weighted by molar-refractivity contribution is 5.83. The highest BCUT2D eigenvalue weighted by Gasteiger charge is 2.23. The molecule has 1 aromatic rings. The van der Waals surface area contributed by atoms with Crippen molar-refractivity contribution in [1.82, 2.24) is 0 Å². The maximum absolute atomic E-state index is 10.8. The van der Waals surface area contributed by atoms with Crippen molar-refractivity contribution in [2.24, 2.45) is 5.41 Å². The Bertz CT molecular complexity index is 719. The van der Waals surface area contributed by atoms with Crippen LogP contribution in [-0.2, 0) is 4.79 Å². The monoisotopic (exact) mass is 312 g/mol. The molecule has 1 aromatic carbocycles. The van der Waals surface area contributed by atoms with E-state index < -0.39 is 5.97 Å². The lowest BCUT2D eigenvalue weighted by Gasteiger charge is -2.18. The fourth-order valence-corrected chi connectivity index (χ4v) is 2.54. The summed E-state index contributed by atoms with van der Waals surface area (Å²) < 4.78 is 6.01. The minimum atomic E-state index is -0.933. The summed E-state index contributed by atoms with van der Waals surface area (Å²) in [4.78, 5) is 10.8. The maximum atomic E-state index is 10.8. The zero-order valence-electron chi connectivity index (χ0n) is 14.4. The van der Waals surface area contributed by atoms with Crippen molar-refractivity contribution in [3.63, 3.8) is 0 Å². The predicted octanol–water partition coefficient (Wildman–Crippen LogP) is 4.69. The molecule has 0 unspecified atom stereocenters. The van der Waals surface area contributed by atoms with Gasteiger partial charge in [0.05, 0.1) is 6.61 Å². The van der Waals surface area contributed by atoms with Crippen molar-refractivity contribution in [2.75, 3.05) is 6.61 Å². The first-order chi connectivity index (χ1) is 10.7. The normalized spacial score (nSPS) is 17.3. The molecule has 1 aliphatic rings. The van der Waals surface area contributed by atoms with E-state index in [-0.39, 0.29) is 5.41 Å². The second kappa shape index (κ2) is 6.45. The molecule has 1 N–H and O–H groups in total. The van der Waals surface area contributed by atoms with E-state index in [4.69, 9.17) is 9.84 Å². The van der Waals surface area contributed by atoms with E-state index in [2.05, 4.69) is 45.9 Å². The van der Waals surface area contributed by atoms with Crippen molar-refractivity contribution in [3.8, 4) is 5.75 Å². The summed E-state index contributed by atoms with van der Waals surface area (Å²) in [6.07, 6.45) is 7.20. The third kappa shape index (κ3) is 4.35. The molecule has 0 radical (unpaired) electrons. The number of rotatable bonds is 3. The van der Waals surface area contributed by atoms with Crippen molar-refractivity contribution in [1.29, 1.82) is 0 Å². The number of allylic oxidation sites excluding steroid dienone is 4. The Morgan fingerprint density at radius 2 is 1.91 bits per heavy atom. The average molecular weight is 312 g/mol. The van der Waals surface area contributed by atoms with Gasteiger partial charge in [-0.1, -0.05) is 32.1 Å². The molecule has 0 saturated carbocycles. The predicted molar refractivity (Wildman–Crippen MR) is 93.7 cm³/mol. The molecule has 0 spiro atoms. The number of carboxylic acid groups (broad SMARTS) is 1. The number of hydrogen-bond donors (Lipinski definition) is 1. The highest BCUT2D eigenvalue weighted by atomic mass is 16.5. The summed E-state index contributed by atoms with van der Waals surface area (Å²) in [5.74, 6) is -0.0491. The van der Waals surface area contributed by atoms with Crippen LogP contribution in [-0.4, -0.2) is 17.7 Å². The molecule has 0 amide bonds. The van der Waals surface area contributed by atoms with Crippen molar-refractivity contribution in [2.45, 2.75) is 34.6 Å². The molecule has 0 fully saturated rings. The Balaban J connectivity index is 2.51. The largest absolute Gasteiger partial charge is 0.492 e. The summed E-state index contributed by atoms with van der Waals surface area (Å²) in [5.41, 5.74) is 5.14. The molecule has 0 aromatic heterocycles. The molecular formula is C20H24O3. The summed E-state index contributed by atoms with van der Waals surface area (Å²) in [7, 11) is 0. The van der Waals surface area contributed by atoms with Gasteiger partial charge in [0, 0.05) is 17.1 Å². The van der Waals surface area contributed by atoms with Crippen molar-refractivity contribution >= 4 is 11.5 Å². The maximum Gasteiger partial charge on any atom is 0.328 e. The van der Waals surface area contributed by atoms with Gasteiger partial charge in [-0.2, -0.15) is 0 Å². The van der Waals surface area contributed by atoms with Crippen LogP contribution in [0.25, 0.3) is 5.57 Å². The summed E-state index contributed by atoms with van der Waals surface area (Å²) in [6.45, 7) is 10.8. The Kier molecular flexibility index (Phi) is 4.79. The van der Waals surface area contributed by atoms with Gasteiger partial charge in [-0.05, 0) is 55.2 Å². The molecule has 2 rings (SSSR count). The second-order valence-electron chi connectivity index (χ2n) is 6.87. The highest BCUT2D eigenvalue weighted by Crippen LogP contribution is 2.37. The fourth-order valence-electron chi connectivity index (χ4n) is 2.54. The molecule has 23 heavy (non-hydrogen) atoms. The van der Waals surface area contributed by atoms with Gasteiger partial charge in [0.1, 0.15) is 5.75 Å². The first kappa shape index (κ1) is 17.1.